The molecule has 0 aromatic carbocycles. The minimum Gasteiger partial charge on any atom is -0.381 e. The molecule has 1 aromatic rings. The summed E-state index contributed by atoms with van der Waals surface area (Å²) in [6.07, 6.45) is 5.52. The molecule has 1 aliphatic rings. The Morgan fingerprint density at radius 2 is 2.00 bits per heavy atom. The Bertz CT molecular complexity index is 312. The quantitative estimate of drug-likeness (QED) is 0.779. The van der Waals surface area contributed by atoms with E-state index in [-0.39, 0.29) is 0 Å². The predicted molar refractivity (Wildman–Crippen MR) is 59.0 cm³/mol. The van der Waals surface area contributed by atoms with Crippen LogP contribution in [0.1, 0.15) is 12.8 Å². The smallest absolute Gasteiger partial charge is 0.147 e. The molecule has 2 N–H and O–H groups in total. The Morgan fingerprint density at radius 1 is 1.27 bits per heavy atom. The van der Waals surface area contributed by atoms with E-state index in [1.807, 2.05) is 7.05 Å². The Balaban J connectivity index is 1.96. The second kappa shape index (κ2) is 4.93. The van der Waals surface area contributed by atoms with Gasteiger partial charge < -0.3 is 15.4 Å². The summed E-state index contributed by atoms with van der Waals surface area (Å²) in [6.45, 7) is 1.66. The van der Waals surface area contributed by atoms with Gasteiger partial charge >= 0.3 is 0 Å². The summed E-state index contributed by atoms with van der Waals surface area (Å²) >= 11 is 0. The van der Waals surface area contributed by atoms with Crippen molar-refractivity contribution in [3.63, 3.8) is 0 Å². The maximum absolute atomic E-state index is 5.29. The Hall–Kier alpha value is -1.36. The summed E-state index contributed by atoms with van der Waals surface area (Å²) in [5.74, 6) is 1.61. The van der Waals surface area contributed by atoms with Crippen molar-refractivity contribution in [2.24, 2.45) is 0 Å². The maximum atomic E-state index is 5.29. The molecule has 5 heteroatoms. The van der Waals surface area contributed by atoms with Crippen molar-refractivity contribution in [3.05, 3.63) is 12.4 Å². The molecule has 0 spiro atoms. The van der Waals surface area contributed by atoms with Gasteiger partial charge in [-0.2, -0.15) is 0 Å². The maximum Gasteiger partial charge on any atom is 0.147 e. The summed E-state index contributed by atoms with van der Waals surface area (Å²) in [7, 11) is 1.84. The van der Waals surface area contributed by atoms with Crippen LogP contribution in [0.4, 0.5) is 11.6 Å². The van der Waals surface area contributed by atoms with Crippen LogP contribution in [-0.4, -0.2) is 36.3 Å². The molecule has 0 saturated carbocycles. The zero-order chi connectivity index (χ0) is 10.5. The van der Waals surface area contributed by atoms with E-state index in [2.05, 4.69) is 20.6 Å². The average molecular weight is 208 g/mol. The highest BCUT2D eigenvalue weighted by atomic mass is 16.5. The van der Waals surface area contributed by atoms with Crippen LogP contribution in [0.15, 0.2) is 12.4 Å². The first-order chi connectivity index (χ1) is 7.38. The van der Waals surface area contributed by atoms with Crippen molar-refractivity contribution < 1.29 is 4.74 Å². The Morgan fingerprint density at radius 3 is 2.73 bits per heavy atom. The normalized spacial score (nSPS) is 17.4. The molecule has 0 unspecified atom stereocenters. The van der Waals surface area contributed by atoms with Gasteiger partial charge in [0.1, 0.15) is 11.6 Å². The molecule has 0 radical (unpaired) electrons. The van der Waals surface area contributed by atoms with Gasteiger partial charge in [0.15, 0.2) is 0 Å². The van der Waals surface area contributed by atoms with E-state index in [1.165, 1.54) is 0 Å². The Labute approximate surface area is 89.3 Å². The van der Waals surface area contributed by atoms with Gasteiger partial charge in [0.2, 0.25) is 0 Å². The second-order valence-electron chi connectivity index (χ2n) is 3.57. The van der Waals surface area contributed by atoms with Gasteiger partial charge in [0.05, 0.1) is 12.4 Å². The molecule has 0 amide bonds. The lowest BCUT2D eigenvalue weighted by molar-refractivity contribution is 0.0904. The molecule has 82 valence electrons. The van der Waals surface area contributed by atoms with E-state index < -0.39 is 0 Å². The van der Waals surface area contributed by atoms with Gasteiger partial charge in [-0.25, -0.2) is 4.98 Å². The van der Waals surface area contributed by atoms with Crippen LogP contribution in [0.5, 0.6) is 0 Å². The highest BCUT2D eigenvalue weighted by Crippen LogP contribution is 2.13. The summed E-state index contributed by atoms with van der Waals surface area (Å²) < 4.78 is 5.29. The second-order valence-corrected chi connectivity index (χ2v) is 3.57. The third-order valence-corrected chi connectivity index (χ3v) is 2.46. The van der Waals surface area contributed by atoms with Crippen LogP contribution in [0, 0.1) is 0 Å². The number of nitrogens with one attached hydrogen (secondary N) is 2. The van der Waals surface area contributed by atoms with Crippen LogP contribution in [-0.2, 0) is 4.74 Å². The van der Waals surface area contributed by atoms with Gasteiger partial charge in [-0.3, -0.25) is 4.98 Å². The van der Waals surface area contributed by atoms with Crippen LogP contribution < -0.4 is 10.6 Å². The first kappa shape index (κ1) is 10.2. The third kappa shape index (κ3) is 2.79. The van der Waals surface area contributed by atoms with Crippen molar-refractivity contribution in [2.45, 2.75) is 18.9 Å². The molecule has 0 aliphatic carbocycles. The van der Waals surface area contributed by atoms with Crippen molar-refractivity contribution in [1.82, 2.24) is 9.97 Å². The summed E-state index contributed by atoms with van der Waals surface area (Å²) in [4.78, 5) is 8.46. The SMILES string of the molecule is CNc1cncc(NC2CCOCC2)n1. The monoisotopic (exact) mass is 208 g/mol. The van der Waals surface area contributed by atoms with E-state index in [9.17, 15) is 0 Å². The fourth-order valence-corrected chi connectivity index (χ4v) is 1.61. The third-order valence-electron chi connectivity index (χ3n) is 2.46. The molecule has 1 aromatic heterocycles. The highest BCUT2D eigenvalue weighted by molar-refractivity contribution is 5.41. The van der Waals surface area contributed by atoms with Crippen LogP contribution in [0.2, 0.25) is 0 Å². The topological polar surface area (TPSA) is 59.1 Å². The molecular weight excluding hydrogens is 192 g/mol. The van der Waals surface area contributed by atoms with Gasteiger partial charge in [-0.1, -0.05) is 0 Å². The number of anilines is 2. The Kier molecular flexibility index (Phi) is 3.34. The van der Waals surface area contributed by atoms with Crippen LogP contribution in [0.25, 0.3) is 0 Å². The molecular formula is C10H16N4O. The number of aromatic nitrogens is 2. The molecule has 5 nitrogen and oxygen atoms in total. The lowest BCUT2D eigenvalue weighted by atomic mass is 10.1. The molecule has 15 heavy (non-hydrogen) atoms. The average Bonchev–Trinajstić information content (AvgIpc) is 2.31. The predicted octanol–water partition coefficient (Wildman–Crippen LogP) is 1.11. The zero-order valence-electron chi connectivity index (χ0n) is 8.86. The fourth-order valence-electron chi connectivity index (χ4n) is 1.61. The van der Waals surface area contributed by atoms with E-state index in [0.717, 1.165) is 37.7 Å². The number of nitrogens with zero attached hydrogens (tertiary/aromatic N) is 2. The van der Waals surface area contributed by atoms with E-state index in [1.54, 1.807) is 12.4 Å². The number of hydrogen-bond donors (Lipinski definition) is 2. The molecule has 2 rings (SSSR count). The van der Waals surface area contributed by atoms with Crippen molar-refractivity contribution >= 4 is 11.6 Å². The van der Waals surface area contributed by atoms with Gasteiger partial charge in [0, 0.05) is 26.3 Å². The number of hydrogen-bond acceptors (Lipinski definition) is 5. The highest BCUT2D eigenvalue weighted by Gasteiger charge is 2.13. The first-order valence-electron chi connectivity index (χ1n) is 5.22. The first-order valence-corrected chi connectivity index (χ1v) is 5.22. The lowest BCUT2D eigenvalue weighted by Gasteiger charge is -2.23. The van der Waals surface area contributed by atoms with Gasteiger partial charge in [-0.05, 0) is 12.8 Å². The number of ether oxygens (including phenoxy) is 1. The summed E-state index contributed by atoms with van der Waals surface area (Å²) in [5.41, 5.74) is 0. The minimum absolute atomic E-state index is 0.458. The fraction of sp³-hybridized carbons (Fsp3) is 0.600. The molecule has 2 heterocycles. The molecule has 1 fully saturated rings. The number of rotatable bonds is 3. The van der Waals surface area contributed by atoms with Crippen molar-refractivity contribution in [1.29, 1.82) is 0 Å². The summed E-state index contributed by atoms with van der Waals surface area (Å²) in [5, 5.41) is 6.33. The van der Waals surface area contributed by atoms with Crippen molar-refractivity contribution in [2.75, 3.05) is 30.9 Å². The summed E-state index contributed by atoms with van der Waals surface area (Å²) in [6, 6.07) is 0.458. The largest absolute Gasteiger partial charge is 0.381 e. The molecule has 0 bridgehead atoms. The van der Waals surface area contributed by atoms with Gasteiger partial charge in [-0.15, -0.1) is 0 Å². The standard InChI is InChI=1S/C10H16N4O/c1-11-9-6-12-7-10(14-9)13-8-2-4-15-5-3-8/h6-8H,2-5H2,1H3,(H2,11,13,14). The minimum atomic E-state index is 0.458. The lowest BCUT2D eigenvalue weighted by Crippen LogP contribution is -2.28. The zero-order valence-corrected chi connectivity index (χ0v) is 8.86. The van der Waals surface area contributed by atoms with Crippen LogP contribution >= 0.6 is 0 Å². The molecule has 1 saturated heterocycles. The van der Waals surface area contributed by atoms with Gasteiger partial charge in [0.25, 0.3) is 0 Å². The van der Waals surface area contributed by atoms with E-state index in [4.69, 9.17) is 4.74 Å². The van der Waals surface area contributed by atoms with E-state index in [0.29, 0.717) is 6.04 Å². The van der Waals surface area contributed by atoms with Crippen LogP contribution in [0.3, 0.4) is 0 Å². The molecule has 0 atom stereocenters. The molecule has 1 aliphatic heterocycles. The van der Waals surface area contributed by atoms with Crippen molar-refractivity contribution in [3.8, 4) is 0 Å². The van der Waals surface area contributed by atoms with E-state index >= 15 is 0 Å².